The second kappa shape index (κ2) is 13.5. The molecule has 1 heterocycles. The molecule has 0 amide bonds. The third kappa shape index (κ3) is 6.67. The van der Waals surface area contributed by atoms with Crippen molar-refractivity contribution in [2.24, 2.45) is 0 Å². The Kier molecular flexibility index (Phi) is 10.4. The third-order valence-corrected chi connectivity index (χ3v) is 7.34. The molecule has 2 aromatic carbocycles. The van der Waals surface area contributed by atoms with E-state index in [4.69, 9.17) is 13.9 Å². The lowest BCUT2D eigenvalue weighted by atomic mass is 9.85. The number of benzene rings is 2. The third-order valence-electron chi connectivity index (χ3n) is 7.34. The highest BCUT2D eigenvalue weighted by Gasteiger charge is 2.27. The predicted molar refractivity (Wildman–Crippen MR) is 154 cm³/mol. The zero-order valence-corrected chi connectivity index (χ0v) is 23.7. The number of aryl methyl sites for hydroxylation is 1. The monoisotopic (exact) mass is 508 g/mol. The molecule has 6 heteroatoms. The topological polar surface area (TPSA) is 55.2 Å². The van der Waals surface area contributed by atoms with Crippen LogP contribution in [-0.4, -0.2) is 52.8 Å². The number of ether oxygens (including phenoxy) is 2. The average Bonchev–Trinajstić information content (AvgIpc) is 2.90. The molecule has 1 atom stereocenters. The van der Waals surface area contributed by atoms with Crippen LogP contribution >= 0.6 is 0 Å². The van der Waals surface area contributed by atoms with E-state index in [0.29, 0.717) is 17.1 Å². The highest BCUT2D eigenvalue weighted by atomic mass is 16.5. The Morgan fingerprint density at radius 2 is 1.59 bits per heavy atom. The first-order chi connectivity index (χ1) is 17.9. The summed E-state index contributed by atoms with van der Waals surface area (Å²) in [5.41, 5.74) is 4.45. The molecule has 37 heavy (non-hydrogen) atoms. The Balaban J connectivity index is 2.28. The Morgan fingerprint density at radius 1 is 0.919 bits per heavy atom. The maximum Gasteiger partial charge on any atom is 0.336 e. The van der Waals surface area contributed by atoms with Crippen molar-refractivity contribution in [2.75, 3.05) is 52.8 Å². The van der Waals surface area contributed by atoms with Gasteiger partial charge in [0.05, 0.1) is 19.6 Å². The Labute approximate surface area is 222 Å². The van der Waals surface area contributed by atoms with Crippen LogP contribution in [0.3, 0.4) is 0 Å². The Hall–Kier alpha value is -2.99. The van der Waals surface area contributed by atoms with Gasteiger partial charge in [-0.3, -0.25) is 0 Å². The molecule has 1 aromatic heterocycles. The van der Waals surface area contributed by atoms with E-state index in [0.717, 1.165) is 73.9 Å². The zero-order chi connectivity index (χ0) is 26.9. The van der Waals surface area contributed by atoms with Crippen LogP contribution in [0, 0.1) is 0 Å². The van der Waals surface area contributed by atoms with Crippen molar-refractivity contribution in [1.82, 2.24) is 4.90 Å². The van der Waals surface area contributed by atoms with Crippen LogP contribution in [0.5, 0.6) is 11.5 Å². The molecule has 0 aliphatic heterocycles. The molecule has 0 fully saturated rings. The number of nitrogens with zero attached hydrogens (tertiary/aromatic N) is 2. The van der Waals surface area contributed by atoms with E-state index in [1.54, 1.807) is 20.3 Å². The van der Waals surface area contributed by atoms with Crippen LogP contribution in [0.4, 0.5) is 5.69 Å². The summed E-state index contributed by atoms with van der Waals surface area (Å²) < 4.78 is 17.8. The van der Waals surface area contributed by atoms with Crippen LogP contribution < -0.4 is 20.0 Å². The van der Waals surface area contributed by atoms with Gasteiger partial charge >= 0.3 is 5.63 Å². The number of anilines is 1. The summed E-state index contributed by atoms with van der Waals surface area (Å²) in [6, 6.07) is 12.2. The van der Waals surface area contributed by atoms with Crippen LogP contribution in [-0.2, 0) is 6.42 Å². The first kappa shape index (κ1) is 28.6. The molecule has 0 aliphatic carbocycles. The van der Waals surface area contributed by atoms with Gasteiger partial charge in [0.2, 0.25) is 0 Å². The van der Waals surface area contributed by atoms with Gasteiger partial charge in [0, 0.05) is 43.4 Å². The minimum absolute atomic E-state index is 0.0192. The molecule has 0 spiro atoms. The van der Waals surface area contributed by atoms with Crippen LogP contribution in [0.1, 0.15) is 69.1 Å². The zero-order valence-electron chi connectivity index (χ0n) is 23.7. The molecule has 6 nitrogen and oxygen atoms in total. The number of fused-ring (bicyclic) bond motifs is 1. The molecule has 0 N–H and O–H groups in total. The van der Waals surface area contributed by atoms with Crippen LogP contribution in [0.25, 0.3) is 11.0 Å². The van der Waals surface area contributed by atoms with E-state index in [9.17, 15) is 4.79 Å². The molecule has 0 saturated heterocycles. The standard InChI is InChI=1S/C31H44N2O4/c1-8-11-12-13-23-20-28(34)37-31-29(23)26(35-6)21-27(36-7)30(31)25(18-19-33(9-2)10-3)22-14-16-24(17-15-22)32(4)5/h14-17,20-21,25H,8-13,18-19H2,1-7H3/t25-/m1/s1. The van der Waals surface area contributed by atoms with Crippen molar-refractivity contribution in [3.8, 4) is 11.5 Å². The summed E-state index contributed by atoms with van der Waals surface area (Å²) >= 11 is 0. The Bertz CT molecular complexity index is 1200. The fourth-order valence-corrected chi connectivity index (χ4v) is 5.14. The summed E-state index contributed by atoms with van der Waals surface area (Å²) in [6.45, 7) is 9.46. The molecule has 0 aliphatic rings. The van der Waals surface area contributed by atoms with Gasteiger partial charge < -0.3 is 23.7 Å². The maximum atomic E-state index is 12.9. The summed E-state index contributed by atoms with van der Waals surface area (Å²) in [4.78, 5) is 17.4. The Morgan fingerprint density at radius 3 is 2.16 bits per heavy atom. The molecule has 202 valence electrons. The van der Waals surface area contributed by atoms with Gasteiger partial charge in [-0.25, -0.2) is 4.79 Å². The normalized spacial score (nSPS) is 12.2. The van der Waals surface area contributed by atoms with Crippen molar-refractivity contribution in [1.29, 1.82) is 0 Å². The second-order valence-corrected chi connectivity index (χ2v) is 9.80. The lowest BCUT2D eigenvalue weighted by molar-refractivity contribution is 0.293. The van der Waals surface area contributed by atoms with E-state index < -0.39 is 0 Å². The van der Waals surface area contributed by atoms with E-state index in [1.165, 1.54) is 5.56 Å². The minimum Gasteiger partial charge on any atom is -0.496 e. The SMILES string of the molecule is CCCCCc1cc(=O)oc2c([C@H](CCN(CC)CC)c3ccc(N(C)C)cc3)c(OC)cc(OC)c12. The number of methoxy groups -OCH3 is 2. The first-order valence-electron chi connectivity index (χ1n) is 13.6. The summed E-state index contributed by atoms with van der Waals surface area (Å²) in [7, 11) is 7.42. The molecule has 0 saturated carbocycles. The van der Waals surface area contributed by atoms with Crippen molar-refractivity contribution in [2.45, 2.75) is 58.8 Å². The smallest absolute Gasteiger partial charge is 0.336 e. The van der Waals surface area contributed by atoms with Crippen molar-refractivity contribution < 1.29 is 13.9 Å². The fourth-order valence-electron chi connectivity index (χ4n) is 5.14. The van der Waals surface area contributed by atoms with E-state index >= 15 is 0 Å². The van der Waals surface area contributed by atoms with Gasteiger partial charge in [-0.2, -0.15) is 0 Å². The number of unbranched alkanes of at least 4 members (excludes halogenated alkanes) is 2. The van der Waals surface area contributed by atoms with Crippen molar-refractivity contribution in [3.63, 3.8) is 0 Å². The molecule has 3 rings (SSSR count). The predicted octanol–water partition coefficient (Wildman–Crippen LogP) is 6.47. The van der Waals surface area contributed by atoms with E-state index in [-0.39, 0.29) is 11.5 Å². The molecule has 0 radical (unpaired) electrons. The molecule has 0 bridgehead atoms. The molecular weight excluding hydrogens is 464 g/mol. The van der Waals surface area contributed by atoms with E-state index in [2.05, 4.69) is 54.8 Å². The van der Waals surface area contributed by atoms with Crippen LogP contribution in [0.15, 0.2) is 45.6 Å². The summed E-state index contributed by atoms with van der Waals surface area (Å²) in [6.07, 6.45) is 4.91. The second-order valence-electron chi connectivity index (χ2n) is 9.80. The first-order valence-corrected chi connectivity index (χ1v) is 13.6. The van der Waals surface area contributed by atoms with Gasteiger partial charge in [0.1, 0.15) is 17.1 Å². The largest absolute Gasteiger partial charge is 0.496 e. The maximum absolute atomic E-state index is 12.9. The fraction of sp³-hybridized carbons (Fsp3) is 0.516. The van der Waals surface area contributed by atoms with Gasteiger partial charge in [0.15, 0.2) is 0 Å². The minimum atomic E-state index is -0.332. The van der Waals surface area contributed by atoms with Gasteiger partial charge in [-0.05, 0) is 62.2 Å². The van der Waals surface area contributed by atoms with Crippen LogP contribution in [0.2, 0.25) is 0 Å². The quantitative estimate of drug-likeness (QED) is 0.184. The number of hydrogen-bond donors (Lipinski definition) is 0. The van der Waals surface area contributed by atoms with Crippen molar-refractivity contribution in [3.05, 3.63) is 63.5 Å². The van der Waals surface area contributed by atoms with Gasteiger partial charge in [-0.15, -0.1) is 0 Å². The summed E-state index contributed by atoms with van der Waals surface area (Å²) in [5.74, 6) is 1.34. The lowest BCUT2D eigenvalue weighted by Gasteiger charge is -2.26. The highest BCUT2D eigenvalue weighted by Crippen LogP contribution is 2.44. The molecular formula is C31H44N2O4. The molecule has 0 unspecified atom stereocenters. The lowest BCUT2D eigenvalue weighted by Crippen LogP contribution is -2.25. The number of hydrogen-bond acceptors (Lipinski definition) is 6. The van der Waals surface area contributed by atoms with Gasteiger partial charge in [0.25, 0.3) is 0 Å². The van der Waals surface area contributed by atoms with E-state index in [1.807, 2.05) is 20.2 Å². The number of rotatable bonds is 14. The average molecular weight is 509 g/mol. The van der Waals surface area contributed by atoms with Gasteiger partial charge in [-0.1, -0.05) is 45.7 Å². The molecule has 3 aromatic rings. The highest BCUT2D eigenvalue weighted by molar-refractivity contribution is 5.92. The summed E-state index contributed by atoms with van der Waals surface area (Å²) in [5, 5.41) is 0.881. The van der Waals surface area contributed by atoms with Crippen molar-refractivity contribution >= 4 is 16.7 Å².